The zero-order chi connectivity index (χ0) is 12.5. The maximum absolute atomic E-state index is 13.2. The third-order valence-corrected chi connectivity index (χ3v) is 2.46. The first-order chi connectivity index (χ1) is 8.25. The Balaban J connectivity index is 2.32. The monoisotopic (exact) mass is 239 g/mol. The van der Waals surface area contributed by atoms with Crippen LogP contribution in [0.1, 0.15) is 25.3 Å². The molecule has 0 spiro atoms. The van der Waals surface area contributed by atoms with E-state index in [0.29, 0.717) is 6.42 Å². The summed E-state index contributed by atoms with van der Waals surface area (Å²) >= 11 is 0. The molecule has 0 bridgehead atoms. The molecule has 0 unspecified atom stereocenters. The number of benzene rings is 1. The molecule has 0 heterocycles. The van der Waals surface area contributed by atoms with Crippen LogP contribution in [0.3, 0.4) is 0 Å². The highest BCUT2D eigenvalue weighted by Gasteiger charge is 2.05. The molecule has 0 aromatic heterocycles. The zero-order valence-electron chi connectivity index (χ0n) is 10.2. The Morgan fingerprint density at radius 1 is 1.12 bits per heavy atom. The summed E-state index contributed by atoms with van der Waals surface area (Å²) in [5, 5.41) is 3.26. The third kappa shape index (κ3) is 5.09. The second-order valence-corrected chi connectivity index (χ2v) is 3.91. The molecular formula is C14H19F2N. The topological polar surface area (TPSA) is 12.0 Å². The summed E-state index contributed by atoms with van der Waals surface area (Å²) in [4.78, 5) is 0. The van der Waals surface area contributed by atoms with Crippen LogP contribution in [0.4, 0.5) is 8.78 Å². The van der Waals surface area contributed by atoms with Crippen LogP contribution < -0.4 is 5.32 Å². The van der Waals surface area contributed by atoms with E-state index in [-0.39, 0.29) is 5.56 Å². The first kappa shape index (κ1) is 13.8. The standard InChI is InChI=1S/C14H19F2N/c1-2-10-17-11-5-3-4-7-12-13(15)8-6-9-14(12)16/h3-4,6,8-9,17H,2,5,7,10-11H2,1H3/b4-3+. The van der Waals surface area contributed by atoms with Gasteiger partial charge in [0.05, 0.1) is 0 Å². The summed E-state index contributed by atoms with van der Waals surface area (Å²) in [5.74, 6) is -0.947. The molecule has 0 atom stereocenters. The molecule has 0 aliphatic rings. The van der Waals surface area contributed by atoms with Gasteiger partial charge in [0.25, 0.3) is 0 Å². The van der Waals surface area contributed by atoms with Gasteiger partial charge < -0.3 is 5.32 Å². The maximum Gasteiger partial charge on any atom is 0.129 e. The van der Waals surface area contributed by atoms with Crippen LogP contribution in [0, 0.1) is 11.6 Å². The largest absolute Gasteiger partial charge is 0.316 e. The number of hydrogen-bond donors (Lipinski definition) is 1. The van der Waals surface area contributed by atoms with Crippen LogP contribution in [0.5, 0.6) is 0 Å². The molecule has 1 aromatic carbocycles. The van der Waals surface area contributed by atoms with Gasteiger partial charge in [0, 0.05) is 5.56 Å². The summed E-state index contributed by atoms with van der Waals surface area (Å²) < 4.78 is 26.5. The van der Waals surface area contributed by atoms with Gasteiger partial charge in [-0.15, -0.1) is 0 Å². The van der Waals surface area contributed by atoms with Crippen LogP contribution in [0.15, 0.2) is 30.4 Å². The lowest BCUT2D eigenvalue weighted by atomic mass is 10.1. The van der Waals surface area contributed by atoms with E-state index in [4.69, 9.17) is 0 Å². The lowest BCUT2D eigenvalue weighted by molar-refractivity contribution is 0.562. The lowest BCUT2D eigenvalue weighted by Crippen LogP contribution is -2.15. The number of nitrogens with one attached hydrogen (secondary N) is 1. The molecule has 0 amide bonds. The van der Waals surface area contributed by atoms with Crippen molar-refractivity contribution in [2.45, 2.75) is 26.2 Å². The van der Waals surface area contributed by atoms with Crippen LogP contribution in [0.25, 0.3) is 0 Å². The van der Waals surface area contributed by atoms with Gasteiger partial charge in [-0.3, -0.25) is 0 Å². The summed E-state index contributed by atoms with van der Waals surface area (Å²) in [6.45, 7) is 4.03. The minimum Gasteiger partial charge on any atom is -0.316 e. The average Bonchev–Trinajstić information content (AvgIpc) is 2.31. The smallest absolute Gasteiger partial charge is 0.129 e. The van der Waals surface area contributed by atoms with Crippen molar-refractivity contribution in [2.75, 3.05) is 13.1 Å². The third-order valence-electron chi connectivity index (χ3n) is 2.46. The average molecular weight is 239 g/mol. The molecule has 1 rings (SSSR count). The fourth-order valence-corrected chi connectivity index (χ4v) is 1.53. The molecule has 0 saturated heterocycles. The molecule has 3 heteroatoms. The van der Waals surface area contributed by atoms with E-state index in [9.17, 15) is 8.78 Å². The molecule has 0 aliphatic carbocycles. The second-order valence-electron chi connectivity index (χ2n) is 3.91. The van der Waals surface area contributed by atoms with E-state index in [2.05, 4.69) is 12.2 Å². The van der Waals surface area contributed by atoms with E-state index in [0.717, 1.165) is 25.9 Å². The van der Waals surface area contributed by atoms with E-state index < -0.39 is 11.6 Å². The van der Waals surface area contributed by atoms with Gasteiger partial charge in [-0.05, 0) is 44.5 Å². The molecule has 0 fully saturated rings. The van der Waals surface area contributed by atoms with E-state index in [1.165, 1.54) is 18.2 Å². The number of allylic oxidation sites excluding steroid dienone is 1. The van der Waals surface area contributed by atoms with Crippen molar-refractivity contribution in [3.63, 3.8) is 0 Å². The first-order valence-corrected chi connectivity index (χ1v) is 6.04. The predicted octanol–water partition coefficient (Wildman–Crippen LogP) is 3.45. The van der Waals surface area contributed by atoms with Crippen molar-refractivity contribution < 1.29 is 8.78 Å². The first-order valence-electron chi connectivity index (χ1n) is 6.04. The van der Waals surface area contributed by atoms with Crippen molar-refractivity contribution in [1.29, 1.82) is 0 Å². The highest BCUT2D eigenvalue weighted by atomic mass is 19.1. The van der Waals surface area contributed by atoms with Crippen molar-refractivity contribution in [1.82, 2.24) is 5.32 Å². The van der Waals surface area contributed by atoms with Crippen LogP contribution in [-0.2, 0) is 6.42 Å². The second kappa shape index (κ2) is 7.96. The minimum atomic E-state index is -0.473. The summed E-state index contributed by atoms with van der Waals surface area (Å²) in [6, 6.07) is 3.96. The van der Waals surface area contributed by atoms with Crippen molar-refractivity contribution in [2.24, 2.45) is 0 Å². The summed E-state index contributed by atoms with van der Waals surface area (Å²) in [7, 11) is 0. The van der Waals surface area contributed by atoms with Gasteiger partial charge in [-0.2, -0.15) is 0 Å². The highest BCUT2D eigenvalue weighted by molar-refractivity contribution is 5.22. The van der Waals surface area contributed by atoms with Crippen LogP contribution >= 0.6 is 0 Å². The number of hydrogen-bond acceptors (Lipinski definition) is 1. The fourth-order valence-electron chi connectivity index (χ4n) is 1.53. The summed E-state index contributed by atoms with van der Waals surface area (Å²) in [6.07, 6.45) is 6.08. The molecule has 0 radical (unpaired) electrons. The van der Waals surface area contributed by atoms with E-state index in [1.54, 1.807) is 0 Å². The van der Waals surface area contributed by atoms with Gasteiger partial charge in [0.1, 0.15) is 11.6 Å². The Morgan fingerprint density at radius 3 is 2.47 bits per heavy atom. The predicted molar refractivity (Wildman–Crippen MR) is 67.0 cm³/mol. The van der Waals surface area contributed by atoms with Crippen molar-refractivity contribution in [3.05, 3.63) is 47.5 Å². The van der Waals surface area contributed by atoms with Gasteiger partial charge in [-0.1, -0.05) is 25.1 Å². The summed E-state index contributed by atoms with van der Waals surface area (Å²) in [5.41, 5.74) is 0.144. The van der Waals surface area contributed by atoms with E-state index in [1.807, 2.05) is 12.2 Å². The molecule has 0 aliphatic heterocycles. The molecule has 0 saturated carbocycles. The Labute approximate surface area is 102 Å². The van der Waals surface area contributed by atoms with Gasteiger partial charge in [0.15, 0.2) is 0 Å². The number of rotatable bonds is 7. The molecule has 1 aromatic rings. The van der Waals surface area contributed by atoms with Gasteiger partial charge >= 0.3 is 0 Å². The Hall–Kier alpha value is -1.22. The molecule has 1 N–H and O–H groups in total. The molecule has 17 heavy (non-hydrogen) atoms. The van der Waals surface area contributed by atoms with Crippen molar-refractivity contribution >= 4 is 0 Å². The minimum absolute atomic E-state index is 0.144. The van der Waals surface area contributed by atoms with Crippen molar-refractivity contribution in [3.8, 4) is 0 Å². The lowest BCUT2D eigenvalue weighted by Gasteiger charge is -2.01. The van der Waals surface area contributed by atoms with Crippen LogP contribution in [0.2, 0.25) is 0 Å². The Bertz CT molecular complexity index is 341. The Morgan fingerprint density at radius 2 is 1.82 bits per heavy atom. The van der Waals surface area contributed by atoms with E-state index >= 15 is 0 Å². The SMILES string of the molecule is CCCNCC/C=C/Cc1c(F)cccc1F. The van der Waals surface area contributed by atoms with Crippen LogP contribution in [-0.4, -0.2) is 13.1 Å². The van der Waals surface area contributed by atoms with Gasteiger partial charge in [-0.25, -0.2) is 8.78 Å². The molecule has 1 nitrogen and oxygen atoms in total. The highest BCUT2D eigenvalue weighted by Crippen LogP contribution is 2.12. The molecular weight excluding hydrogens is 220 g/mol. The maximum atomic E-state index is 13.2. The fraction of sp³-hybridized carbons (Fsp3) is 0.429. The molecule has 94 valence electrons. The zero-order valence-corrected chi connectivity index (χ0v) is 10.2. The normalized spacial score (nSPS) is 11.2. The Kier molecular flexibility index (Phi) is 6.48. The quantitative estimate of drug-likeness (QED) is 0.567. The van der Waals surface area contributed by atoms with Gasteiger partial charge in [0.2, 0.25) is 0 Å². The number of halogens is 2.